The fourth-order valence-corrected chi connectivity index (χ4v) is 2.18. The fourth-order valence-electron chi connectivity index (χ4n) is 2.18. The van der Waals surface area contributed by atoms with E-state index in [0.29, 0.717) is 12.3 Å². The maximum atomic E-state index is 10.8. The highest BCUT2D eigenvalue weighted by molar-refractivity contribution is 5.70. The third kappa shape index (κ3) is 2.87. The lowest BCUT2D eigenvalue weighted by Gasteiger charge is -2.14. The molecule has 1 heterocycles. The fraction of sp³-hybridized carbons (Fsp3) is 0.500. The second kappa shape index (κ2) is 5.03. The highest BCUT2D eigenvalue weighted by Crippen LogP contribution is 2.28. The lowest BCUT2D eigenvalue weighted by molar-refractivity contribution is -0.141. The number of aliphatic carboxylic acids is 1. The summed E-state index contributed by atoms with van der Waals surface area (Å²) in [4.78, 5) is 14.9. The topological polar surface area (TPSA) is 71.5 Å². The molecule has 1 aromatic heterocycles. The molecule has 2 unspecified atom stereocenters. The van der Waals surface area contributed by atoms with Gasteiger partial charge in [-0.15, -0.1) is 0 Å². The van der Waals surface area contributed by atoms with Crippen molar-refractivity contribution in [2.45, 2.75) is 25.3 Å². The van der Waals surface area contributed by atoms with Crippen LogP contribution in [0.1, 0.15) is 19.3 Å². The van der Waals surface area contributed by atoms with E-state index in [2.05, 4.69) is 10.3 Å². The molecule has 0 spiro atoms. The molecule has 0 aliphatic heterocycles. The molecule has 2 rings (SSSR count). The first-order valence-corrected chi connectivity index (χ1v) is 5.68. The van der Waals surface area contributed by atoms with Crippen LogP contribution in [0.25, 0.3) is 0 Å². The van der Waals surface area contributed by atoms with Gasteiger partial charge in [-0.1, -0.05) is 0 Å². The summed E-state index contributed by atoms with van der Waals surface area (Å²) in [6.45, 7) is 0. The number of methoxy groups -OCH3 is 1. The van der Waals surface area contributed by atoms with Crippen LogP contribution in [0.15, 0.2) is 18.3 Å². The van der Waals surface area contributed by atoms with Gasteiger partial charge in [0.2, 0.25) is 5.88 Å². The Bertz CT molecular complexity index is 408. The van der Waals surface area contributed by atoms with Crippen LogP contribution in [0.3, 0.4) is 0 Å². The summed E-state index contributed by atoms with van der Waals surface area (Å²) in [6.07, 6.45) is 3.99. The predicted molar refractivity (Wildman–Crippen MR) is 63.2 cm³/mol. The van der Waals surface area contributed by atoms with Gasteiger partial charge in [-0.3, -0.25) is 4.79 Å². The highest BCUT2D eigenvalue weighted by Gasteiger charge is 2.29. The number of aromatic nitrogens is 1. The largest absolute Gasteiger partial charge is 0.481 e. The van der Waals surface area contributed by atoms with E-state index in [4.69, 9.17) is 9.84 Å². The van der Waals surface area contributed by atoms with Gasteiger partial charge in [-0.2, -0.15) is 0 Å². The van der Waals surface area contributed by atoms with Crippen molar-refractivity contribution in [3.8, 4) is 5.88 Å². The third-order valence-electron chi connectivity index (χ3n) is 3.10. The van der Waals surface area contributed by atoms with Gasteiger partial charge in [-0.25, -0.2) is 4.98 Å². The van der Waals surface area contributed by atoms with Crippen LogP contribution in [0.4, 0.5) is 5.69 Å². The molecule has 17 heavy (non-hydrogen) atoms. The second-order valence-electron chi connectivity index (χ2n) is 4.28. The number of nitrogens with zero attached hydrogens (tertiary/aromatic N) is 1. The molecule has 0 bridgehead atoms. The van der Waals surface area contributed by atoms with E-state index < -0.39 is 5.97 Å². The van der Waals surface area contributed by atoms with E-state index in [-0.39, 0.29) is 12.0 Å². The van der Waals surface area contributed by atoms with Crippen LogP contribution in [0, 0.1) is 5.92 Å². The zero-order valence-electron chi connectivity index (χ0n) is 9.72. The molecule has 5 heteroatoms. The Morgan fingerprint density at radius 1 is 1.59 bits per heavy atom. The number of carboxylic acids is 1. The molecule has 0 saturated heterocycles. The average Bonchev–Trinajstić information content (AvgIpc) is 2.78. The lowest BCUT2D eigenvalue weighted by atomic mass is 10.1. The van der Waals surface area contributed by atoms with Crippen molar-refractivity contribution in [2.24, 2.45) is 5.92 Å². The van der Waals surface area contributed by atoms with E-state index in [1.165, 1.54) is 0 Å². The van der Waals surface area contributed by atoms with E-state index in [1.807, 2.05) is 12.1 Å². The molecule has 92 valence electrons. The Morgan fingerprint density at radius 2 is 2.41 bits per heavy atom. The van der Waals surface area contributed by atoms with E-state index in [1.54, 1.807) is 13.3 Å². The van der Waals surface area contributed by atoms with Gasteiger partial charge in [0.1, 0.15) is 0 Å². The Morgan fingerprint density at radius 3 is 3.06 bits per heavy atom. The van der Waals surface area contributed by atoms with Gasteiger partial charge in [0.05, 0.1) is 13.0 Å². The molecule has 1 fully saturated rings. The number of carbonyl (C=O) groups is 1. The van der Waals surface area contributed by atoms with Crippen molar-refractivity contribution in [3.05, 3.63) is 18.3 Å². The minimum Gasteiger partial charge on any atom is -0.481 e. The van der Waals surface area contributed by atoms with Crippen molar-refractivity contribution >= 4 is 11.7 Å². The second-order valence-corrected chi connectivity index (χ2v) is 4.28. The van der Waals surface area contributed by atoms with Crippen molar-refractivity contribution in [3.63, 3.8) is 0 Å². The maximum absolute atomic E-state index is 10.8. The Labute approximate surface area is 99.8 Å². The SMILES string of the molecule is COc1cc(NC2CCC(C(=O)O)C2)ccn1. The van der Waals surface area contributed by atoms with Gasteiger partial charge < -0.3 is 15.2 Å². The molecule has 1 aromatic rings. The molecule has 2 N–H and O–H groups in total. The zero-order chi connectivity index (χ0) is 12.3. The number of carboxylic acid groups (broad SMARTS) is 1. The lowest BCUT2D eigenvalue weighted by Crippen LogP contribution is -2.17. The zero-order valence-corrected chi connectivity index (χ0v) is 9.72. The summed E-state index contributed by atoms with van der Waals surface area (Å²) in [7, 11) is 1.57. The van der Waals surface area contributed by atoms with Gasteiger partial charge in [0.15, 0.2) is 0 Å². The van der Waals surface area contributed by atoms with Gasteiger partial charge in [0.25, 0.3) is 0 Å². The summed E-state index contributed by atoms with van der Waals surface area (Å²) in [6, 6.07) is 3.90. The molecular weight excluding hydrogens is 220 g/mol. The summed E-state index contributed by atoms with van der Waals surface area (Å²) in [5, 5.41) is 12.2. The van der Waals surface area contributed by atoms with E-state index >= 15 is 0 Å². The van der Waals surface area contributed by atoms with Crippen LogP contribution in [-0.2, 0) is 4.79 Å². The van der Waals surface area contributed by atoms with Gasteiger partial charge in [-0.05, 0) is 25.3 Å². The number of rotatable bonds is 4. The van der Waals surface area contributed by atoms with Crippen molar-refractivity contribution in [1.82, 2.24) is 4.98 Å². The van der Waals surface area contributed by atoms with E-state index in [0.717, 1.165) is 18.5 Å². The summed E-state index contributed by atoms with van der Waals surface area (Å²) in [5.74, 6) is -0.347. The maximum Gasteiger partial charge on any atom is 0.306 e. The van der Waals surface area contributed by atoms with Crippen molar-refractivity contribution in [2.75, 3.05) is 12.4 Å². The van der Waals surface area contributed by atoms with Crippen LogP contribution in [0.2, 0.25) is 0 Å². The molecule has 0 amide bonds. The van der Waals surface area contributed by atoms with Crippen LogP contribution in [-0.4, -0.2) is 29.2 Å². The molecule has 1 saturated carbocycles. The molecule has 0 aromatic carbocycles. The Hall–Kier alpha value is -1.78. The molecule has 0 radical (unpaired) electrons. The number of nitrogens with one attached hydrogen (secondary N) is 1. The number of hydrogen-bond donors (Lipinski definition) is 2. The number of anilines is 1. The molecule has 2 atom stereocenters. The minimum atomic E-state index is -0.693. The third-order valence-corrected chi connectivity index (χ3v) is 3.10. The Kier molecular flexibility index (Phi) is 3.46. The van der Waals surface area contributed by atoms with E-state index in [9.17, 15) is 4.79 Å². The van der Waals surface area contributed by atoms with Crippen molar-refractivity contribution in [1.29, 1.82) is 0 Å². The standard InChI is InChI=1S/C12H16N2O3/c1-17-11-7-10(4-5-13-11)14-9-3-2-8(6-9)12(15)16/h4-5,7-9H,2-3,6H2,1H3,(H,13,14)(H,15,16). The summed E-state index contributed by atoms with van der Waals surface area (Å²) >= 11 is 0. The van der Waals surface area contributed by atoms with Gasteiger partial charge >= 0.3 is 5.97 Å². The van der Waals surface area contributed by atoms with Gasteiger partial charge in [0, 0.05) is 24.0 Å². The minimum absolute atomic E-state index is 0.212. The quantitative estimate of drug-likeness (QED) is 0.833. The number of pyridine rings is 1. The number of ether oxygens (including phenoxy) is 1. The first kappa shape index (κ1) is 11.7. The molecular formula is C12H16N2O3. The molecule has 1 aliphatic rings. The highest BCUT2D eigenvalue weighted by atomic mass is 16.5. The number of hydrogen-bond acceptors (Lipinski definition) is 4. The molecule has 5 nitrogen and oxygen atoms in total. The monoisotopic (exact) mass is 236 g/mol. The van der Waals surface area contributed by atoms with Crippen LogP contribution < -0.4 is 10.1 Å². The summed E-state index contributed by atoms with van der Waals surface area (Å²) in [5.41, 5.74) is 0.924. The predicted octanol–water partition coefficient (Wildman–Crippen LogP) is 1.76. The normalized spacial score (nSPS) is 23.4. The van der Waals surface area contributed by atoms with Crippen LogP contribution >= 0.6 is 0 Å². The first-order chi connectivity index (χ1) is 8.19. The van der Waals surface area contributed by atoms with Crippen molar-refractivity contribution < 1.29 is 14.6 Å². The first-order valence-electron chi connectivity index (χ1n) is 5.68. The average molecular weight is 236 g/mol. The Balaban J connectivity index is 1.95. The summed E-state index contributed by atoms with van der Waals surface area (Å²) < 4.78 is 5.03. The van der Waals surface area contributed by atoms with Crippen LogP contribution in [0.5, 0.6) is 5.88 Å². The molecule has 1 aliphatic carbocycles. The smallest absolute Gasteiger partial charge is 0.306 e.